The Bertz CT molecular complexity index is 1290. The number of hydrogen-bond acceptors (Lipinski definition) is 5. The van der Waals surface area contributed by atoms with Gasteiger partial charge in [0, 0.05) is 17.5 Å². The maximum Gasteiger partial charge on any atom is 0.251 e. The zero-order valence-corrected chi connectivity index (χ0v) is 20.7. The summed E-state index contributed by atoms with van der Waals surface area (Å²) in [6.45, 7) is 2.14. The first kappa shape index (κ1) is 25.2. The highest BCUT2D eigenvalue weighted by Crippen LogP contribution is 2.26. The van der Waals surface area contributed by atoms with E-state index in [1.165, 1.54) is 29.0 Å². The van der Waals surface area contributed by atoms with Crippen molar-refractivity contribution in [2.75, 3.05) is 5.32 Å². The Morgan fingerprint density at radius 1 is 0.917 bits per heavy atom. The Hall–Kier alpha value is -3.91. The van der Waals surface area contributed by atoms with Gasteiger partial charge < -0.3 is 5.32 Å². The van der Waals surface area contributed by atoms with Crippen LogP contribution in [0.5, 0.6) is 0 Å². The van der Waals surface area contributed by atoms with Gasteiger partial charge in [-0.1, -0.05) is 67.1 Å². The van der Waals surface area contributed by atoms with E-state index < -0.39 is 11.9 Å². The van der Waals surface area contributed by atoms with Crippen molar-refractivity contribution in [1.29, 1.82) is 0 Å². The van der Waals surface area contributed by atoms with Crippen molar-refractivity contribution in [2.24, 2.45) is 0 Å². The van der Waals surface area contributed by atoms with Crippen molar-refractivity contribution in [2.45, 2.75) is 38.6 Å². The molecule has 0 radical (unpaired) electrons. The van der Waals surface area contributed by atoms with Gasteiger partial charge in [0.25, 0.3) is 5.91 Å². The average molecular weight is 503 g/mol. The van der Waals surface area contributed by atoms with E-state index in [9.17, 15) is 14.0 Å². The second-order valence-electron chi connectivity index (χ2n) is 8.42. The number of amides is 2. The summed E-state index contributed by atoms with van der Waals surface area (Å²) in [4.78, 5) is 26.2. The van der Waals surface area contributed by atoms with E-state index in [1.54, 1.807) is 24.3 Å². The van der Waals surface area contributed by atoms with Crippen LogP contribution in [0.1, 0.15) is 41.3 Å². The van der Waals surface area contributed by atoms with Crippen molar-refractivity contribution in [3.05, 3.63) is 101 Å². The van der Waals surface area contributed by atoms with E-state index in [2.05, 4.69) is 27.8 Å². The molecule has 0 saturated carbocycles. The van der Waals surface area contributed by atoms with E-state index in [0.29, 0.717) is 27.7 Å². The van der Waals surface area contributed by atoms with Gasteiger partial charge in [-0.25, -0.2) is 4.39 Å². The van der Waals surface area contributed by atoms with Crippen molar-refractivity contribution < 1.29 is 14.0 Å². The van der Waals surface area contributed by atoms with Crippen molar-refractivity contribution in [1.82, 2.24) is 15.5 Å². The third kappa shape index (κ3) is 6.82. The van der Waals surface area contributed by atoms with Gasteiger partial charge in [0.15, 0.2) is 0 Å². The molecule has 1 aromatic heterocycles. The fraction of sp³-hybridized carbons (Fsp3) is 0.214. The molecule has 0 aliphatic heterocycles. The number of hydrogen-bond donors (Lipinski definition) is 2. The summed E-state index contributed by atoms with van der Waals surface area (Å²) < 4.78 is 13.2. The third-order valence-electron chi connectivity index (χ3n) is 5.69. The number of anilines is 1. The smallest absolute Gasteiger partial charge is 0.251 e. The second kappa shape index (κ2) is 12.2. The number of nitrogens with one attached hydrogen (secondary N) is 2. The molecule has 2 amide bonds. The molecule has 4 rings (SSSR count). The van der Waals surface area contributed by atoms with Crippen LogP contribution in [0.4, 0.5) is 9.52 Å². The highest BCUT2D eigenvalue weighted by molar-refractivity contribution is 7.18. The summed E-state index contributed by atoms with van der Waals surface area (Å²) >= 11 is 1.18. The number of carbonyl (C=O) groups is 2. The lowest BCUT2D eigenvalue weighted by Gasteiger charge is -2.18. The zero-order valence-electron chi connectivity index (χ0n) is 19.9. The molecule has 0 saturated heterocycles. The van der Waals surface area contributed by atoms with E-state index in [4.69, 9.17) is 0 Å². The average Bonchev–Trinajstić information content (AvgIpc) is 3.36. The summed E-state index contributed by atoms with van der Waals surface area (Å²) in [5.74, 6) is -1.06. The summed E-state index contributed by atoms with van der Waals surface area (Å²) in [7, 11) is 0. The Kier molecular flexibility index (Phi) is 8.52. The molecule has 0 aliphatic carbocycles. The highest BCUT2D eigenvalue weighted by atomic mass is 32.1. The Labute approximate surface area is 213 Å². The summed E-state index contributed by atoms with van der Waals surface area (Å²) in [5, 5.41) is 14.6. The summed E-state index contributed by atoms with van der Waals surface area (Å²) in [6.07, 6.45) is 3.49. The Balaban J connectivity index is 1.47. The number of aromatic nitrogens is 2. The molecular formula is C28H27FN4O2S. The molecule has 3 aromatic carbocycles. The number of unbranched alkanes of at least 4 members (excludes halogenated alkanes) is 1. The first-order valence-electron chi connectivity index (χ1n) is 11.9. The molecular weight excluding hydrogens is 475 g/mol. The quantitative estimate of drug-likeness (QED) is 0.293. The summed E-state index contributed by atoms with van der Waals surface area (Å²) in [5.41, 5.74) is 3.29. The van der Waals surface area contributed by atoms with Crippen LogP contribution in [0, 0.1) is 5.82 Å². The first-order valence-corrected chi connectivity index (χ1v) is 12.7. The van der Waals surface area contributed by atoms with Gasteiger partial charge in [-0.15, -0.1) is 10.2 Å². The van der Waals surface area contributed by atoms with E-state index in [0.717, 1.165) is 24.8 Å². The van der Waals surface area contributed by atoms with Crippen LogP contribution in [0.15, 0.2) is 78.9 Å². The number of benzene rings is 3. The molecule has 2 N–H and O–H groups in total. The number of carbonyl (C=O) groups excluding carboxylic acids is 2. The first-order chi connectivity index (χ1) is 17.5. The van der Waals surface area contributed by atoms with Crippen LogP contribution in [0.2, 0.25) is 0 Å². The highest BCUT2D eigenvalue weighted by Gasteiger charge is 2.23. The predicted molar refractivity (Wildman–Crippen MR) is 140 cm³/mol. The molecule has 0 bridgehead atoms. The molecule has 0 spiro atoms. The standard InChI is InChI=1S/C28H27FN4O2S/c1-2-3-7-19-10-12-21(13-11-19)25(34)30-24(18-20-8-5-4-6-9-20)26(35)31-28-33-32-27(36-28)22-14-16-23(29)17-15-22/h4-6,8-17,24H,2-3,7,18H2,1H3,(H,30,34)(H,31,33,35). The lowest BCUT2D eigenvalue weighted by Crippen LogP contribution is -2.45. The molecule has 184 valence electrons. The van der Waals surface area contributed by atoms with Gasteiger partial charge in [-0.05, 0) is 60.4 Å². The largest absolute Gasteiger partial charge is 0.340 e. The van der Waals surface area contributed by atoms with E-state index in [-0.39, 0.29) is 11.7 Å². The number of halogens is 1. The fourth-order valence-electron chi connectivity index (χ4n) is 3.68. The van der Waals surface area contributed by atoms with Crippen LogP contribution >= 0.6 is 11.3 Å². The maximum atomic E-state index is 13.2. The molecule has 1 heterocycles. The van der Waals surface area contributed by atoms with Crippen LogP contribution in [-0.2, 0) is 17.6 Å². The zero-order chi connectivity index (χ0) is 25.3. The van der Waals surface area contributed by atoms with Crippen molar-refractivity contribution >= 4 is 28.3 Å². The van der Waals surface area contributed by atoms with Crippen LogP contribution in [0.25, 0.3) is 10.6 Å². The van der Waals surface area contributed by atoms with Gasteiger partial charge in [0.1, 0.15) is 16.9 Å². The lowest BCUT2D eigenvalue weighted by atomic mass is 10.0. The Morgan fingerprint density at radius 3 is 2.33 bits per heavy atom. The molecule has 6 nitrogen and oxygen atoms in total. The van der Waals surface area contributed by atoms with Gasteiger partial charge in [0.05, 0.1) is 0 Å². The Morgan fingerprint density at radius 2 is 1.64 bits per heavy atom. The van der Waals surface area contributed by atoms with Crippen molar-refractivity contribution in [3.63, 3.8) is 0 Å². The van der Waals surface area contributed by atoms with Gasteiger partial charge >= 0.3 is 0 Å². The summed E-state index contributed by atoms with van der Waals surface area (Å²) in [6, 6.07) is 22.1. The molecule has 1 atom stereocenters. The van der Waals surface area contributed by atoms with Gasteiger partial charge in [0.2, 0.25) is 11.0 Å². The molecule has 1 unspecified atom stereocenters. The van der Waals surface area contributed by atoms with Crippen molar-refractivity contribution in [3.8, 4) is 10.6 Å². The normalized spacial score (nSPS) is 11.6. The van der Waals surface area contributed by atoms with Gasteiger partial charge in [-0.3, -0.25) is 14.9 Å². The minimum absolute atomic E-state index is 0.298. The monoisotopic (exact) mass is 502 g/mol. The van der Waals surface area contributed by atoms with Crippen LogP contribution in [-0.4, -0.2) is 28.1 Å². The molecule has 36 heavy (non-hydrogen) atoms. The number of aryl methyl sites for hydroxylation is 1. The fourth-order valence-corrected chi connectivity index (χ4v) is 4.43. The molecule has 0 fully saturated rings. The topological polar surface area (TPSA) is 84.0 Å². The minimum Gasteiger partial charge on any atom is -0.340 e. The van der Waals surface area contributed by atoms with E-state index >= 15 is 0 Å². The van der Waals surface area contributed by atoms with E-state index in [1.807, 2.05) is 42.5 Å². The SMILES string of the molecule is CCCCc1ccc(C(=O)NC(Cc2ccccc2)C(=O)Nc2nnc(-c3ccc(F)cc3)s2)cc1. The lowest BCUT2D eigenvalue weighted by molar-refractivity contribution is -0.118. The van der Waals surface area contributed by atoms with Gasteiger partial charge in [-0.2, -0.15) is 0 Å². The molecule has 0 aliphatic rings. The maximum absolute atomic E-state index is 13.2. The second-order valence-corrected chi connectivity index (χ2v) is 9.40. The molecule has 8 heteroatoms. The predicted octanol–water partition coefficient (Wildman–Crippen LogP) is 5.67. The number of rotatable bonds is 10. The molecule has 4 aromatic rings. The minimum atomic E-state index is -0.821. The van der Waals surface area contributed by atoms with Crippen LogP contribution in [0.3, 0.4) is 0 Å². The third-order valence-corrected chi connectivity index (χ3v) is 6.57. The number of nitrogens with zero attached hydrogens (tertiary/aromatic N) is 2. The van der Waals surface area contributed by atoms with Crippen LogP contribution < -0.4 is 10.6 Å².